The summed E-state index contributed by atoms with van der Waals surface area (Å²) < 4.78 is 2.03. The first-order valence-corrected chi connectivity index (χ1v) is 10.5. The van der Waals surface area contributed by atoms with Crippen LogP contribution in [0, 0.1) is 0 Å². The molecule has 0 N–H and O–H groups in total. The lowest BCUT2D eigenvalue weighted by molar-refractivity contribution is 0.352. The molecule has 1 unspecified atom stereocenters. The van der Waals surface area contributed by atoms with Gasteiger partial charge >= 0.3 is 0 Å². The smallest absolute Gasteiger partial charge is 0.121 e. The van der Waals surface area contributed by atoms with Gasteiger partial charge in [0.25, 0.3) is 0 Å². The van der Waals surface area contributed by atoms with Gasteiger partial charge in [-0.1, -0.05) is 78.0 Å². The van der Waals surface area contributed by atoms with Crippen molar-refractivity contribution in [3.8, 4) is 11.3 Å². The van der Waals surface area contributed by atoms with E-state index in [-0.39, 0.29) is 0 Å². The van der Waals surface area contributed by atoms with Gasteiger partial charge in [0.05, 0.1) is 11.2 Å². The topological polar surface area (TPSA) is 43.6 Å². The quantitative estimate of drug-likeness (QED) is 0.391. The molecule has 0 bridgehead atoms. The zero-order valence-corrected chi connectivity index (χ0v) is 16.9. The summed E-state index contributed by atoms with van der Waals surface area (Å²) >= 11 is 1.68. The van der Waals surface area contributed by atoms with Gasteiger partial charge in [0, 0.05) is 17.4 Å². The molecule has 4 nitrogen and oxygen atoms in total. The van der Waals surface area contributed by atoms with E-state index in [2.05, 4.69) is 65.1 Å². The number of hydrogen-bond acceptors (Lipinski definition) is 4. The fourth-order valence-electron chi connectivity index (χ4n) is 3.73. The third-order valence-corrected chi connectivity index (χ3v) is 6.34. The molecule has 0 amide bonds. The number of aromatic nitrogens is 4. The van der Waals surface area contributed by atoms with E-state index in [4.69, 9.17) is 4.98 Å². The molecule has 3 aromatic carbocycles. The van der Waals surface area contributed by atoms with Crippen molar-refractivity contribution >= 4 is 22.4 Å². The monoisotopic (exact) mass is 396 g/mol. The summed E-state index contributed by atoms with van der Waals surface area (Å²) in [6.45, 7) is 2.20. The largest absolute Gasteiger partial charge is 0.239 e. The van der Waals surface area contributed by atoms with E-state index < -0.39 is 5.54 Å². The van der Waals surface area contributed by atoms with Crippen molar-refractivity contribution in [2.45, 2.75) is 18.9 Å². The maximum Gasteiger partial charge on any atom is 0.121 e. The molecule has 0 saturated heterocycles. The van der Waals surface area contributed by atoms with Gasteiger partial charge in [0.1, 0.15) is 16.1 Å². The summed E-state index contributed by atoms with van der Waals surface area (Å²) in [6.07, 6.45) is 0.781. The predicted octanol–water partition coefficient (Wildman–Crippen LogP) is 5.56. The molecule has 1 atom stereocenters. The van der Waals surface area contributed by atoms with Crippen LogP contribution in [0.2, 0.25) is 0 Å². The molecule has 0 aliphatic heterocycles. The Morgan fingerprint density at radius 3 is 2.34 bits per heavy atom. The highest BCUT2D eigenvalue weighted by atomic mass is 32.1. The van der Waals surface area contributed by atoms with Crippen LogP contribution in [0.15, 0.2) is 90.3 Å². The van der Waals surface area contributed by atoms with Gasteiger partial charge in [-0.3, -0.25) is 0 Å². The van der Waals surface area contributed by atoms with Crippen LogP contribution >= 0.6 is 11.3 Å². The van der Waals surface area contributed by atoms with E-state index in [1.165, 1.54) is 5.56 Å². The molecule has 2 heterocycles. The predicted molar refractivity (Wildman–Crippen MR) is 118 cm³/mol. The van der Waals surface area contributed by atoms with Crippen molar-refractivity contribution < 1.29 is 0 Å². The molecule has 2 aromatic heterocycles. The van der Waals surface area contributed by atoms with Crippen molar-refractivity contribution in [1.82, 2.24) is 20.0 Å². The summed E-state index contributed by atoms with van der Waals surface area (Å²) in [5.74, 6) is 0. The summed E-state index contributed by atoms with van der Waals surface area (Å²) in [5, 5.41) is 12.1. The van der Waals surface area contributed by atoms with Gasteiger partial charge in [-0.25, -0.2) is 9.67 Å². The van der Waals surface area contributed by atoms with E-state index in [9.17, 15) is 0 Å². The summed E-state index contributed by atoms with van der Waals surface area (Å²) in [7, 11) is 0. The summed E-state index contributed by atoms with van der Waals surface area (Å²) in [6, 6.07) is 28.9. The number of thiazole rings is 1. The minimum Gasteiger partial charge on any atom is -0.239 e. The molecule has 5 rings (SSSR count). The van der Waals surface area contributed by atoms with Gasteiger partial charge in [0.2, 0.25) is 0 Å². The van der Waals surface area contributed by atoms with Crippen LogP contribution < -0.4 is 0 Å². The Hall–Kier alpha value is -3.31. The zero-order chi connectivity index (χ0) is 19.7. The third-order valence-electron chi connectivity index (χ3n) is 5.24. The molecule has 0 aliphatic carbocycles. The van der Waals surface area contributed by atoms with E-state index in [0.717, 1.165) is 33.7 Å². The Bertz CT molecular complexity index is 1240. The lowest BCUT2D eigenvalue weighted by Crippen LogP contribution is -2.35. The van der Waals surface area contributed by atoms with E-state index in [0.29, 0.717) is 0 Å². The van der Waals surface area contributed by atoms with Crippen molar-refractivity contribution in [2.75, 3.05) is 0 Å². The Balaban J connectivity index is 1.66. The number of para-hydroxylation sites is 1. The number of hydrogen-bond donors (Lipinski definition) is 0. The number of benzene rings is 3. The normalized spacial score (nSPS) is 13.4. The maximum atomic E-state index is 5.04. The van der Waals surface area contributed by atoms with E-state index in [1.807, 2.05) is 47.1 Å². The van der Waals surface area contributed by atoms with Crippen LogP contribution in [0.4, 0.5) is 0 Å². The first kappa shape index (κ1) is 17.8. The average molecular weight is 397 g/mol. The van der Waals surface area contributed by atoms with E-state index in [1.54, 1.807) is 11.3 Å². The van der Waals surface area contributed by atoms with Crippen molar-refractivity contribution in [3.63, 3.8) is 0 Å². The number of rotatable bonds is 5. The lowest BCUT2D eigenvalue weighted by Gasteiger charge is -2.28. The first-order chi connectivity index (χ1) is 14.2. The number of nitrogens with zero attached hydrogens (tertiary/aromatic N) is 4. The molecule has 0 fully saturated rings. The Kier molecular flexibility index (Phi) is 4.45. The van der Waals surface area contributed by atoms with Gasteiger partial charge in [0.15, 0.2) is 0 Å². The molecular weight excluding hydrogens is 376 g/mol. The van der Waals surface area contributed by atoms with Crippen molar-refractivity contribution in [1.29, 1.82) is 0 Å². The van der Waals surface area contributed by atoms with Crippen LogP contribution in [0.5, 0.6) is 0 Å². The van der Waals surface area contributed by atoms with Crippen LogP contribution in [-0.2, 0) is 12.0 Å². The Morgan fingerprint density at radius 1 is 0.862 bits per heavy atom. The molecule has 0 radical (unpaired) electrons. The zero-order valence-electron chi connectivity index (χ0n) is 16.1. The fourth-order valence-corrected chi connectivity index (χ4v) is 4.71. The molecule has 0 aliphatic rings. The van der Waals surface area contributed by atoms with Gasteiger partial charge in [-0.15, -0.1) is 16.4 Å². The Morgan fingerprint density at radius 2 is 1.55 bits per heavy atom. The van der Waals surface area contributed by atoms with Crippen LogP contribution in [0.3, 0.4) is 0 Å². The Labute approximate surface area is 173 Å². The molecule has 142 valence electrons. The summed E-state index contributed by atoms with van der Waals surface area (Å²) in [5.41, 5.74) is 4.82. The van der Waals surface area contributed by atoms with Crippen LogP contribution in [-0.4, -0.2) is 20.0 Å². The average Bonchev–Trinajstić information content (AvgIpc) is 3.43. The minimum atomic E-state index is -0.449. The van der Waals surface area contributed by atoms with Crippen molar-refractivity contribution in [3.05, 3.63) is 101 Å². The third kappa shape index (κ3) is 3.23. The van der Waals surface area contributed by atoms with Crippen LogP contribution in [0.25, 0.3) is 22.3 Å². The lowest BCUT2D eigenvalue weighted by atomic mass is 9.93. The van der Waals surface area contributed by atoms with Crippen LogP contribution in [0.1, 0.15) is 17.5 Å². The highest BCUT2D eigenvalue weighted by Gasteiger charge is 2.35. The standard InChI is InChI=1S/C24H20N4S/c1-24(16-18-10-4-2-5-11-18,28-22-15-9-8-14-20(22)26-27-28)23-25-21(17-29-23)19-12-6-3-7-13-19/h2-15,17H,16H2,1H3. The highest BCUT2D eigenvalue weighted by Crippen LogP contribution is 2.36. The first-order valence-electron chi connectivity index (χ1n) is 9.60. The molecule has 29 heavy (non-hydrogen) atoms. The molecule has 5 heteroatoms. The minimum absolute atomic E-state index is 0.449. The number of fused-ring (bicyclic) bond motifs is 1. The molecular formula is C24H20N4S. The molecule has 0 saturated carbocycles. The van der Waals surface area contributed by atoms with Gasteiger partial charge < -0.3 is 0 Å². The highest BCUT2D eigenvalue weighted by molar-refractivity contribution is 7.10. The molecule has 5 aromatic rings. The maximum absolute atomic E-state index is 5.04. The van der Waals surface area contributed by atoms with Crippen molar-refractivity contribution in [2.24, 2.45) is 0 Å². The van der Waals surface area contributed by atoms with E-state index >= 15 is 0 Å². The SMILES string of the molecule is CC(Cc1ccccc1)(c1nc(-c2ccccc2)cs1)n1nnc2ccccc21. The second-order valence-electron chi connectivity index (χ2n) is 7.33. The van der Waals surface area contributed by atoms with Gasteiger partial charge in [-0.2, -0.15) is 0 Å². The second-order valence-corrected chi connectivity index (χ2v) is 8.19. The van der Waals surface area contributed by atoms with Gasteiger partial charge in [-0.05, 0) is 24.6 Å². The molecule has 0 spiro atoms. The fraction of sp³-hybridized carbons (Fsp3) is 0.125. The summed E-state index contributed by atoms with van der Waals surface area (Å²) in [4.78, 5) is 5.04. The second kappa shape index (κ2) is 7.26.